The summed E-state index contributed by atoms with van der Waals surface area (Å²) < 4.78 is 22.3. The Kier molecular flexibility index (Phi) is 7.18. The molecule has 118 valence electrons. The van der Waals surface area contributed by atoms with Gasteiger partial charge in [-0.05, 0) is 30.5 Å². The molecule has 0 aromatic heterocycles. The second kappa shape index (κ2) is 8.39. The smallest absolute Gasteiger partial charge is 0.261 e. The Bertz CT molecular complexity index is 549. The third kappa shape index (κ3) is 6.06. The molecule has 0 saturated heterocycles. The van der Waals surface area contributed by atoms with E-state index in [4.69, 9.17) is 10.7 Å². The van der Waals surface area contributed by atoms with Crippen LogP contribution in [0.15, 0.2) is 29.2 Å². The monoisotopic (exact) mass is 331 g/mol. The van der Waals surface area contributed by atoms with E-state index in [1.807, 2.05) is 0 Å². The van der Waals surface area contributed by atoms with E-state index in [0.29, 0.717) is 6.54 Å². The molecule has 6 heteroatoms. The van der Waals surface area contributed by atoms with E-state index in [1.165, 1.54) is 12.1 Å². The van der Waals surface area contributed by atoms with Gasteiger partial charge in [-0.1, -0.05) is 38.8 Å². The van der Waals surface area contributed by atoms with E-state index in [-0.39, 0.29) is 16.7 Å². The minimum Gasteiger partial charge on any atom is -0.352 e. The van der Waals surface area contributed by atoms with Gasteiger partial charge in [0.25, 0.3) is 9.05 Å². The third-order valence-electron chi connectivity index (χ3n) is 3.32. The van der Waals surface area contributed by atoms with E-state index in [1.54, 1.807) is 12.1 Å². The molecular weight excluding hydrogens is 310 g/mol. The fourth-order valence-electron chi connectivity index (χ4n) is 2.21. The van der Waals surface area contributed by atoms with E-state index < -0.39 is 9.05 Å². The summed E-state index contributed by atoms with van der Waals surface area (Å²) in [5.41, 5.74) is 0.846. The van der Waals surface area contributed by atoms with Crippen molar-refractivity contribution in [3.8, 4) is 0 Å². The van der Waals surface area contributed by atoms with Crippen molar-refractivity contribution < 1.29 is 13.2 Å². The quantitative estimate of drug-likeness (QED) is 0.742. The van der Waals surface area contributed by atoms with Crippen molar-refractivity contribution in [1.29, 1.82) is 0 Å². The van der Waals surface area contributed by atoms with Gasteiger partial charge in [-0.3, -0.25) is 4.79 Å². The molecule has 0 saturated carbocycles. The van der Waals surface area contributed by atoms with Gasteiger partial charge >= 0.3 is 0 Å². The Morgan fingerprint density at radius 2 is 1.67 bits per heavy atom. The highest BCUT2D eigenvalue weighted by atomic mass is 35.7. The highest BCUT2D eigenvalue weighted by Gasteiger charge is 2.16. The lowest BCUT2D eigenvalue weighted by molar-refractivity contribution is -0.125. The van der Waals surface area contributed by atoms with E-state index >= 15 is 0 Å². The number of hydrogen-bond donors (Lipinski definition) is 1. The van der Waals surface area contributed by atoms with Crippen molar-refractivity contribution in [2.75, 3.05) is 0 Å². The molecule has 0 atom stereocenters. The van der Waals surface area contributed by atoms with Gasteiger partial charge in [-0.25, -0.2) is 8.42 Å². The van der Waals surface area contributed by atoms with Crippen LogP contribution in [0.2, 0.25) is 0 Å². The highest BCUT2D eigenvalue weighted by Crippen LogP contribution is 2.16. The standard InChI is InChI=1S/C15H22ClNO3S/c1-3-5-13(6-4-2)15(18)17-11-12-7-9-14(10-8-12)21(16,19)20/h7-10,13H,3-6,11H2,1-2H3,(H,17,18). The lowest BCUT2D eigenvalue weighted by Gasteiger charge is -2.15. The van der Waals surface area contributed by atoms with Crippen molar-refractivity contribution in [3.63, 3.8) is 0 Å². The number of amides is 1. The molecule has 1 aromatic carbocycles. The van der Waals surface area contributed by atoms with Gasteiger partial charge in [0.15, 0.2) is 0 Å². The van der Waals surface area contributed by atoms with Gasteiger partial charge in [0.05, 0.1) is 4.90 Å². The summed E-state index contributed by atoms with van der Waals surface area (Å²) >= 11 is 0. The van der Waals surface area contributed by atoms with Crippen LogP contribution in [-0.4, -0.2) is 14.3 Å². The summed E-state index contributed by atoms with van der Waals surface area (Å²) in [5, 5.41) is 2.91. The molecule has 0 bridgehead atoms. The van der Waals surface area contributed by atoms with E-state index in [2.05, 4.69) is 19.2 Å². The third-order valence-corrected chi connectivity index (χ3v) is 4.69. The average Bonchev–Trinajstić information content (AvgIpc) is 2.44. The zero-order valence-corrected chi connectivity index (χ0v) is 14.0. The number of carbonyl (C=O) groups is 1. The second-order valence-corrected chi connectivity index (χ2v) is 7.64. The zero-order valence-electron chi connectivity index (χ0n) is 12.4. The number of carbonyl (C=O) groups excluding carboxylic acids is 1. The van der Waals surface area contributed by atoms with Gasteiger partial charge in [-0.15, -0.1) is 0 Å². The topological polar surface area (TPSA) is 63.2 Å². The van der Waals surface area contributed by atoms with Crippen LogP contribution in [0.5, 0.6) is 0 Å². The van der Waals surface area contributed by atoms with Crippen LogP contribution in [0.4, 0.5) is 0 Å². The molecule has 0 heterocycles. The fourth-order valence-corrected chi connectivity index (χ4v) is 2.98. The van der Waals surface area contributed by atoms with Crippen LogP contribution in [0, 0.1) is 5.92 Å². The Labute approximate surface area is 131 Å². The summed E-state index contributed by atoms with van der Waals surface area (Å²) in [6, 6.07) is 6.20. The molecule has 1 rings (SSSR count). The average molecular weight is 332 g/mol. The molecule has 0 spiro atoms. The van der Waals surface area contributed by atoms with Crippen LogP contribution < -0.4 is 5.32 Å². The van der Waals surface area contributed by atoms with Crippen LogP contribution in [0.1, 0.15) is 45.1 Å². The second-order valence-electron chi connectivity index (χ2n) is 5.07. The SMILES string of the molecule is CCCC(CCC)C(=O)NCc1ccc(S(=O)(=O)Cl)cc1. The van der Waals surface area contributed by atoms with Crippen molar-refractivity contribution in [2.24, 2.45) is 5.92 Å². The van der Waals surface area contributed by atoms with Crippen molar-refractivity contribution in [1.82, 2.24) is 5.32 Å². The first kappa shape index (κ1) is 18.0. The van der Waals surface area contributed by atoms with Gasteiger partial charge in [0, 0.05) is 23.1 Å². The predicted octanol–water partition coefficient (Wildman–Crippen LogP) is 3.45. The molecule has 1 aromatic rings. The maximum atomic E-state index is 12.1. The molecule has 1 amide bonds. The molecule has 21 heavy (non-hydrogen) atoms. The summed E-state index contributed by atoms with van der Waals surface area (Å²) in [6.45, 7) is 4.54. The Morgan fingerprint density at radius 3 is 2.10 bits per heavy atom. The lowest BCUT2D eigenvalue weighted by atomic mass is 9.97. The zero-order chi connectivity index (χ0) is 15.9. The fraction of sp³-hybridized carbons (Fsp3) is 0.533. The molecule has 1 N–H and O–H groups in total. The van der Waals surface area contributed by atoms with Crippen molar-refractivity contribution >= 4 is 25.6 Å². The summed E-state index contributed by atoms with van der Waals surface area (Å²) in [7, 11) is 1.56. The Hall–Kier alpha value is -1.07. The van der Waals surface area contributed by atoms with Crippen LogP contribution in [-0.2, 0) is 20.4 Å². The largest absolute Gasteiger partial charge is 0.352 e. The van der Waals surface area contributed by atoms with E-state index in [0.717, 1.165) is 31.2 Å². The molecule has 0 aliphatic heterocycles. The molecule has 0 aliphatic rings. The van der Waals surface area contributed by atoms with Crippen LogP contribution >= 0.6 is 10.7 Å². The summed E-state index contributed by atoms with van der Waals surface area (Å²) in [4.78, 5) is 12.2. The number of benzene rings is 1. The highest BCUT2D eigenvalue weighted by molar-refractivity contribution is 8.13. The predicted molar refractivity (Wildman–Crippen MR) is 84.6 cm³/mol. The Balaban J connectivity index is 2.60. The summed E-state index contributed by atoms with van der Waals surface area (Å²) in [5.74, 6) is 0.121. The normalized spacial score (nSPS) is 11.6. The van der Waals surface area contributed by atoms with Gasteiger partial charge in [0.1, 0.15) is 0 Å². The lowest BCUT2D eigenvalue weighted by Crippen LogP contribution is -2.30. The Morgan fingerprint density at radius 1 is 1.14 bits per heavy atom. The van der Waals surface area contributed by atoms with Crippen LogP contribution in [0.25, 0.3) is 0 Å². The minimum atomic E-state index is -3.69. The number of hydrogen-bond acceptors (Lipinski definition) is 3. The number of halogens is 1. The minimum absolute atomic E-state index is 0.0579. The first-order valence-corrected chi connectivity index (χ1v) is 9.50. The van der Waals surface area contributed by atoms with Gasteiger partial charge < -0.3 is 5.32 Å². The molecule has 0 unspecified atom stereocenters. The molecule has 0 fully saturated rings. The first-order valence-electron chi connectivity index (χ1n) is 7.19. The van der Waals surface area contributed by atoms with Crippen molar-refractivity contribution in [3.05, 3.63) is 29.8 Å². The first-order chi connectivity index (χ1) is 9.88. The molecule has 0 aliphatic carbocycles. The van der Waals surface area contributed by atoms with Crippen LogP contribution in [0.3, 0.4) is 0 Å². The maximum absolute atomic E-state index is 12.1. The molecular formula is C15H22ClNO3S. The summed E-state index contributed by atoms with van der Waals surface area (Å²) in [6.07, 6.45) is 3.76. The van der Waals surface area contributed by atoms with E-state index in [9.17, 15) is 13.2 Å². The molecule has 4 nitrogen and oxygen atoms in total. The van der Waals surface area contributed by atoms with Gasteiger partial charge in [-0.2, -0.15) is 0 Å². The number of rotatable bonds is 8. The molecule has 0 radical (unpaired) electrons. The maximum Gasteiger partial charge on any atom is 0.261 e. The number of nitrogens with one attached hydrogen (secondary N) is 1. The van der Waals surface area contributed by atoms with Crippen molar-refractivity contribution in [2.45, 2.75) is 51.0 Å². The van der Waals surface area contributed by atoms with Gasteiger partial charge in [0.2, 0.25) is 5.91 Å².